The van der Waals surface area contributed by atoms with Gasteiger partial charge in [0.1, 0.15) is 0 Å². The molecule has 0 bridgehead atoms. The zero-order valence-corrected chi connectivity index (χ0v) is 8.93. The third-order valence-electron chi connectivity index (χ3n) is 3.11. The molecule has 1 aliphatic carbocycles. The van der Waals surface area contributed by atoms with Crippen LogP contribution in [0.25, 0.3) is 0 Å². The van der Waals surface area contributed by atoms with Gasteiger partial charge in [-0.15, -0.1) is 0 Å². The van der Waals surface area contributed by atoms with Gasteiger partial charge in [-0.3, -0.25) is 10.2 Å². The molecule has 3 nitrogen and oxygen atoms in total. The Morgan fingerprint density at radius 1 is 1.07 bits per heavy atom. The van der Waals surface area contributed by atoms with Crippen LogP contribution in [0.5, 0.6) is 0 Å². The third-order valence-corrected chi connectivity index (χ3v) is 3.11. The molecule has 1 saturated carbocycles. The van der Waals surface area contributed by atoms with Gasteiger partial charge in [-0.05, 0) is 18.8 Å². The fourth-order valence-electron chi connectivity index (χ4n) is 2.24. The second-order valence-corrected chi connectivity index (χ2v) is 4.34. The molecule has 0 atom stereocenters. The topological polar surface area (TPSA) is 55.1 Å². The van der Waals surface area contributed by atoms with Crippen LogP contribution in [0.2, 0.25) is 0 Å². The van der Waals surface area contributed by atoms with E-state index in [0.717, 1.165) is 0 Å². The van der Waals surface area contributed by atoms with Gasteiger partial charge in [0.25, 0.3) is 0 Å². The Bertz CT molecular complexity index is 161. The van der Waals surface area contributed by atoms with Crippen LogP contribution in [0.4, 0.5) is 0 Å². The van der Waals surface area contributed by atoms with Crippen LogP contribution >= 0.6 is 0 Å². The van der Waals surface area contributed by atoms with Crippen molar-refractivity contribution in [1.29, 1.82) is 0 Å². The van der Waals surface area contributed by atoms with Gasteiger partial charge >= 0.3 is 0 Å². The maximum absolute atomic E-state index is 11.1. The molecule has 14 heavy (non-hydrogen) atoms. The fraction of sp³-hybridized carbons (Fsp3) is 0.909. The van der Waals surface area contributed by atoms with E-state index in [9.17, 15) is 4.79 Å². The van der Waals surface area contributed by atoms with Crippen molar-refractivity contribution in [3.8, 4) is 0 Å². The van der Waals surface area contributed by atoms with Gasteiger partial charge in [0.15, 0.2) is 0 Å². The number of nitrogens with two attached hydrogens (primary N) is 1. The van der Waals surface area contributed by atoms with Gasteiger partial charge < -0.3 is 0 Å². The highest BCUT2D eigenvalue weighted by Crippen LogP contribution is 2.23. The number of rotatable bonds is 2. The van der Waals surface area contributed by atoms with Crippen molar-refractivity contribution >= 4 is 5.91 Å². The molecule has 1 fully saturated rings. The molecule has 0 spiro atoms. The summed E-state index contributed by atoms with van der Waals surface area (Å²) < 4.78 is 0. The summed E-state index contributed by atoms with van der Waals surface area (Å²) in [5, 5.41) is 0. The number of hydrogen-bond donors (Lipinski definition) is 2. The summed E-state index contributed by atoms with van der Waals surface area (Å²) in [5.74, 6) is 5.65. The van der Waals surface area contributed by atoms with Gasteiger partial charge in [0.2, 0.25) is 5.91 Å². The maximum atomic E-state index is 11.1. The number of hydrogen-bond acceptors (Lipinski definition) is 2. The lowest BCUT2D eigenvalue weighted by Crippen LogP contribution is -2.31. The predicted octanol–water partition coefficient (Wildman–Crippen LogP) is 2.12. The Morgan fingerprint density at radius 3 is 2.07 bits per heavy atom. The normalized spacial score (nSPS) is 20.6. The molecule has 0 unspecified atom stereocenters. The molecule has 82 valence electrons. The van der Waals surface area contributed by atoms with Crippen molar-refractivity contribution in [2.75, 3.05) is 0 Å². The standard InChI is InChI=1S/C11H22N2O/c12-13-11(14)9-10-7-5-3-1-2-4-6-8-10/h10H,1-9,12H2,(H,13,14). The molecule has 3 heteroatoms. The summed E-state index contributed by atoms with van der Waals surface area (Å²) in [5.41, 5.74) is 2.22. The molecule has 0 aliphatic heterocycles. The second-order valence-electron chi connectivity index (χ2n) is 4.34. The number of carbonyl (C=O) groups excluding carboxylic acids is 1. The number of nitrogens with one attached hydrogen (secondary N) is 1. The smallest absolute Gasteiger partial charge is 0.234 e. The third kappa shape index (κ3) is 4.61. The van der Waals surface area contributed by atoms with Crippen molar-refractivity contribution in [2.24, 2.45) is 11.8 Å². The van der Waals surface area contributed by atoms with Crippen LogP contribution < -0.4 is 11.3 Å². The minimum Gasteiger partial charge on any atom is -0.294 e. The molecule has 0 radical (unpaired) electrons. The fourth-order valence-corrected chi connectivity index (χ4v) is 2.24. The van der Waals surface area contributed by atoms with E-state index in [-0.39, 0.29) is 5.91 Å². The Hall–Kier alpha value is -0.570. The molecule has 1 rings (SSSR count). The number of carbonyl (C=O) groups is 1. The van der Waals surface area contributed by atoms with Crippen LogP contribution in [-0.4, -0.2) is 5.91 Å². The molecule has 1 aliphatic rings. The monoisotopic (exact) mass is 198 g/mol. The number of hydrazine groups is 1. The van der Waals surface area contributed by atoms with Gasteiger partial charge in [-0.25, -0.2) is 5.84 Å². The zero-order chi connectivity index (χ0) is 10.2. The quantitative estimate of drug-likeness (QED) is 0.405. The first kappa shape index (κ1) is 11.5. The Balaban J connectivity index is 2.28. The molecule has 0 aromatic rings. The average Bonchev–Trinajstić information content (AvgIpc) is 2.31. The molecule has 0 aromatic carbocycles. The lowest BCUT2D eigenvalue weighted by Gasteiger charge is -2.14. The van der Waals surface area contributed by atoms with Crippen molar-refractivity contribution in [2.45, 2.75) is 57.8 Å². The highest BCUT2D eigenvalue weighted by Gasteiger charge is 2.13. The van der Waals surface area contributed by atoms with E-state index in [1.165, 1.54) is 51.4 Å². The second kappa shape index (κ2) is 6.82. The average molecular weight is 198 g/mol. The SMILES string of the molecule is NNC(=O)CC1CCCCCCCC1. The van der Waals surface area contributed by atoms with Crippen molar-refractivity contribution < 1.29 is 4.79 Å². The van der Waals surface area contributed by atoms with Crippen LogP contribution in [0.1, 0.15) is 57.8 Å². The first-order chi connectivity index (χ1) is 6.83. The zero-order valence-electron chi connectivity index (χ0n) is 8.93. The summed E-state index contributed by atoms with van der Waals surface area (Å²) in [4.78, 5) is 11.1. The van der Waals surface area contributed by atoms with Gasteiger partial charge in [0, 0.05) is 6.42 Å². The summed E-state index contributed by atoms with van der Waals surface area (Å²) in [7, 11) is 0. The van der Waals surface area contributed by atoms with Gasteiger partial charge in [0.05, 0.1) is 0 Å². The van der Waals surface area contributed by atoms with E-state index in [1.807, 2.05) is 0 Å². The lowest BCUT2D eigenvalue weighted by atomic mass is 9.93. The summed E-state index contributed by atoms with van der Waals surface area (Å²) in [6.45, 7) is 0. The van der Waals surface area contributed by atoms with E-state index in [1.54, 1.807) is 0 Å². The predicted molar refractivity (Wildman–Crippen MR) is 57.4 cm³/mol. The molecule has 0 aromatic heterocycles. The maximum Gasteiger partial charge on any atom is 0.234 e. The minimum absolute atomic E-state index is 0.00533. The van der Waals surface area contributed by atoms with Crippen LogP contribution in [0.3, 0.4) is 0 Å². The minimum atomic E-state index is -0.00533. The van der Waals surface area contributed by atoms with E-state index < -0.39 is 0 Å². The van der Waals surface area contributed by atoms with Crippen LogP contribution in [0.15, 0.2) is 0 Å². The van der Waals surface area contributed by atoms with Crippen molar-refractivity contribution in [3.63, 3.8) is 0 Å². The van der Waals surface area contributed by atoms with Gasteiger partial charge in [-0.2, -0.15) is 0 Å². The highest BCUT2D eigenvalue weighted by molar-refractivity contribution is 5.75. The molecule has 0 heterocycles. The van der Waals surface area contributed by atoms with E-state index in [2.05, 4.69) is 5.43 Å². The summed E-state index contributed by atoms with van der Waals surface area (Å²) >= 11 is 0. The van der Waals surface area contributed by atoms with E-state index >= 15 is 0 Å². The van der Waals surface area contributed by atoms with E-state index in [4.69, 9.17) is 5.84 Å². The first-order valence-corrected chi connectivity index (χ1v) is 5.82. The van der Waals surface area contributed by atoms with Gasteiger partial charge in [-0.1, -0.05) is 38.5 Å². The van der Waals surface area contributed by atoms with Crippen molar-refractivity contribution in [3.05, 3.63) is 0 Å². The molecule has 1 amide bonds. The van der Waals surface area contributed by atoms with Crippen molar-refractivity contribution in [1.82, 2.24) is 5.43 Å². The Labute approximate surface area is 86.4 Å². The summed E-state index contributed by atoms with van der Waals surface area (Å²) in [6, 6.07) is 0. The molecular formula is C11H22N2O. The van der Waals surface area contributed by atoms with Crippen LogP contribution in [0, 0.1) is 5.92 Å². The highest BCUT2D eigenvalue weighted by atomic mass is 16.2. The largest absolute Gasteiger partial charge is 0.294 e. The summed E-state index contributed by atoms with van der Waals surface area (Å²) in [6.07, 6.45) is 11.0. The Kier molecular flexibility index (Phi) is 5.60. The molecule has 0 saturated heterocycles. The lowest BCUT2D eigenvalue weighted by molar-refractivity contribution is -0.122. The molecule has 3 N–H and O–H groups in total. The Morgan fingerprint density at radius 2 is 1.57 bits per heavy atom. The number of amides is 1. The van der Waals surface area contributed by atoms with Crippen LogP contribution in [-0.2, 0) is 4.79 Å². The molecular weight excluding hydrogens is 176 g/mol. The first-order valence-electron chi connectivity index (χ1n) is 5.82. The van der Waals surface area contributed by atoms with E-state index in [0.29, 0.717) is 12.3 Å².